The SMILES string of the molecule is COCCNC(=O)Oc1ccc2[nH]cc(CCCCCl)c2c1. The maximum Gasteiger partial charge on any atom is 0.412 e. The molecule has 2 N–H and O–H groups in total. The van der Waals surface area contributed by atoms with E-state index in [1.807, 2.05) is 18.3 Å². The Morgan fingerprint density at radius 1 is 1.36 bits per heavy atom. The number of carbonyl (C=O) groups excluding carboxylic acids is 1. The molecule has 5 nitrogen and oxygen atoms in total. The molecule has 0 saturated heterocycles. The van der Waals surface area contributed by atoms with Crippen molar-refractivity contribution in [1.29, 1.82) is 0 Å². The number of ether oxygens (including phenoxy) is 2. The van der Waals surface area contributed by atoms with E-state index < -0.39 is 6.09 Å². The highest BCUT2D eigenvalue weighted by molar-refractivity contribution is 6.17. The first-order valence-corrected chi connectivity index (χ1v) is 7.88. The number of halogens is 1. The Morgan fingerprint density at radius 3 is 3.00 bits per heavy atom. The zero-order valence-electron chi connectivity index (χ0n) is 12.7. The molecular formula is C16H21ClN2O3. The van der Waals surface area contributed by atoms with Gasteiger partial charge in [-0.3, -0.25) is 0 Å². The third-order valence-corrected chi connectivity index (χ3v) is 3.62. The zero-order chi connectivity index (χ0) is 15.8. The van der Waals surface area contributed by atoms with Gasteiger partial charge in [0.2, 0.25) is 0 Å². The summed E-state index contributed by atoms with van der Waals surface area (Å²) in [7, 11) is 1.58. The molecule has 2 aromatic rings. The van der Waals surface area contributed by atoms with E-state index in [9.17, 15) is 4.79 Å². The van der Waals surface area contributed by atoms with Crippen molar-refractivity contribution in [2.24, 2.45) is 0 Å². The Labute approximate surface area is 134 Å². The Kier molecular flexibility index (Phi) is 6.55. The number of aryl methyl sites for hydroxylation is 1. The van der Waals surface area contributed by atoms with Crippen LogP contribution >= 0.6 is 11.6 Å². The van der Waals surface area contributed by atoms with Gasteiger partial charge < -0.3 is 19.8 Å². The highest BCUT2D eigenvalue weighted by Crippen LogP contribution is 2.25. The number of methoxy groups -OCH3 is 1. The van der Waals surface area contributed by atoms with Crippen molar-refractivity contribution in [3.05, 3.63) is 30.0 Å². The van der Waals surface area contributed by atoms with Crippen molar-refractivity contribution < 1.29 is 14.3 Å². The molecule has 0 aliphatic carbocycles. The molecule has 0 aliphatic rings. The van der Waals surface area contributed by atoms with Gasteiger partial charge in [-0.2, -0.15) is 0 Å². The minimum atomic E-state index is -0.476. The van der Waals surface area contributed by atoms with E-state index >= 15 is 0 Å². The minimum absolute atomic E-state index is 0.422. The molecule has 0 bridgehead atoms. The number of nitrogens with one attached hydrogen (secondary N) is 2. The number of rotatable bonds is 8. The number of unbranched alkanes of at least 4 members (excludes halogenated alkanes) is 1. The molecule has 1 heterocycles. The van der Waals surface area contributed by atoms with Crippen LogP contribution < -0.4 is 10.1 Å². The zero-order valence-corrected chi connectivity index (χ0v) is 13.4. The van der Waals surface area contributed by atoms with Gasteiger partial charge in [-0.1, -0.05) is 0 Å². The van der Waals surface area contributed by atoms with E-state index in [1.54, 1.807) is 13.2 Å². The second-order valence-corrected chi connectivity index (χ2v) is 5.35. The molecule has 6 heteroatoms. The number of hydrogen-bond acceptors (Lipinski definition) is 3. The summed E-state index contributed by atoms with van der Waals surface area (Å²) in [5.41, 5.74) is 2.25. The van der Waals surface area contributed by atoms with E-state index in [0.29, 0.717) is 24.8 Å². The molecule has 0 aliphatic heterocycles. The predicted molar refractivity (Wildman–Crippen MR) is 87.9 cm³/mol. The number of carbonyl (C=O) groups is 1. The Morgan fingerprint density at radius 2 is 2.23 bits per heavy atom. The highest BCUT2D eigenvalue weighted by Gasteiger charge is 2.08. The third-order valence-electron chi connectivity index (χ3n) is 3.35. The van der Waals surface area contributed by atoms with Gasteiger partial charge in [-0.05, 0) is 43.0 Å². The molecule has 120 valence electrons. The molecule has 1 aromatic carbocycles. The number of hydrogen-bond donors (Lipinski definition) is 2. The maximum atomic E-state index is 11.6. The van der Waals surface area contributed by atoms with E-state index in [0.717, 1.165) is 30.2 Å². The fourth-order valence-electron chi connectivity index (χ4n) is 2.24. The second kappa shape index (κ2) is 8.66. The number of alkyl halides is 1. The molecule has 1 aromatic heterocycles. The Bertz CT molecular complexity index is 612. The summed E-state index contributed by atoms with van der Waals surface area (Å²) in [5, 5.41) is 3.70. The summed E-state index contributed by atoms with van der Waals surface area (Å²) in [6, 6.07) is 5.58. The maximum absolute atomic E-state index is 11.6. The van der Waals surface area contributed by atoms with Gasteiger partial charge >= 0.3 is 6.09 Å². The van der Waals surface area contributed by atoms with Crippen LogP contribution in [-0.4, -0.2) is 37.2 Å². The third kappa shape index (κ3) is 4.64. The van der Waals surface area contributed by atoms with Crippen LogP contribution in [0.25, 0.3) is 10.9 Å². The van der Waals surface area contributed by atoms with Gasteiger partial charge in [0, 0.05) is 36.6 Å². The fraction of sp³-hybridized carbons (Fsp3) is 0.438. The molecule has 2 rings (SSSR count). The van der Waals surface area contributed by atoms with Crippen molar-refractivity contribution in [1.82, 2.24) is 10.3 Å². The van der Waals surface area contributed by atoms with E-state index in [1.165, 1.54) is 5.56 Å². The van der Waals surface area contributed by atoms with Crippen LogP contribution in [0.1, 0.15) is 18.4 Å². The molecule has 0 atom stereocenters. The molecule has 0 radical (unpaired) electrons. The first kappa shape index (κ1) is 16.6. The Balaban J connectivity index is 2.01. The number of amides is 1. The van der Waals surface area contributed by atoms with Crippen LogP contribution in [0.15, 0.2) is 24.4 Å². The largest absolute Gasteiger partial charge is 0.412 e. The van der Waals surface area contributed by atoms with E-state index in [2.05, 4.69) is 10.3 Å². The first-order chi connectivity index (χ1) is 10.7. The van der Waals surface area contributed by atoms with Crippen LogP contribution in [-0.2, 0) is 11.2 Å². The first-order valence-electron chi connectivity index (χ1n) is 7.35. The van der Waals surface area contributed by atoms with Crippen LogP contribution in [0, 0.1) is 0 Å². The lowest BCUT2D eigenvalue weighted by Gasteiger charge is -2.06. The topological polar surface area (TPSA) is 63.4 Å². The van der Waals surface area contributed by atoms with Crippen LogP contribution in [0.4, 0.5) is 4.79 Å². The summed E-state index contributed by atoms with van der Waals surface area (Å²) in [4.78, 5) is 14.9. The number of aromatic amines is 1. The van der Waals surface area contributed by atoms with Crippen LogP contribution in [0.3, 0.4) is 0 Å². The summed E-state index contributed by atoms with van der Waals surface area (Å²) in [5.74, 6) is 1.21. The predicted octanol–water partition coefficient (Wildman–Crippen LogP) is 3.46. The van der Waals surface area contributed by atoms with Gasteiger partial charge in [-0.15, -0.1) is 11.6 Å². The van der Waals surface area contributed by atoms with Gasteiger partial charge in [0.05, 0.1) is 6.61 Å². The molecule has 0 saturated carbocycles. The molecule has 1 amide bonds. The van der Waals surface area contributed by atoms with Crippen molar-refractivity contribution in [2.45, 2.75) is 19.3 Å². The van der Waals surface area contributed by atoms with Crippen molar-refractivity contribution in [3.63, 3.8) is 0 Å². The summed E-state index contributed by atoms with van der Waals surface area (Å²) in [6.45, 7) is 0.877. The molecule has 22 heavy (non-hydrogen) atoms. The highest BCUT2D eigenvalue weighted by atomic mass is 35.5. The monoisotopic (exact) mass is 324 g/mol. The lowest BCUT2D eigenvalue weighted by atomic mass is 10.1. The smallest absolute Gasteiger partial charge is 0.410 e. The summed E-state index contributed by atoms with van der Waals surface area (Å²) in [6.07, 6.45) is 4.51. The van der Waals surface area contributed by atoms with Crippen molar-refractivity contribution >= 4 is 28.6 Å². The fourth-order valence-corrected chi connectivity index (χ4v) is 2.43. The average molecular weight is 325 g/mol. The number of fused-ring (bicyclic) bond motifs is 1. The lowest BCUT2D eigenvalue weighted by molar-refractivity contribution is 0.180. The van der Waals surface area contributed by atoms with Gasteiger partial charge in [-0.25, -0.2) is 4.79 Å². The van der Waals surface area contributed by atoms with Gasteiger partial charge in [0.25, 0.3) is 0 Å². The molecular weight excluding hydrogens is 304 g/mol. The van der Waals surface area contributed by atoms with E-state index in [-0.39, 0.29) is 0 Å². The lowest BCUT2D eigenvalue weighted by Crippen LogP contribution is -2.29. The van der Waals surface area contributed by atoms with Crippen LogP contribution in [0.2, 0.25) is 0 Å². The van der Waals surface area contributed by atoms with Crippen LogP contribution in [0.5, 0.6) is 5.75 Å². The molecule has 0 spiro atoms. The van der Waals surface area contributed by atoms with Crippen molar-refractivity contribution in [2.75, 3.05) is 26.1 Å². The molecule has 0 fully saturated rings. The van der Waals surface area contributed by atoms with Gasteiger partial charge in [0.1, 0.15) is 5.75 Å². The number of benzene rings is 1. The van der Waals surface area contributed by atoms with Gasteiger partial charge in [0.15, 0.2) is 0 Å². The Hall–Kier alpha value is -1.72. The normalized spacial score (nSPS) is 10.8. The van der Waals surface area contributed by atoms with Crippen molar-refractivity contribution in [3.8, 4) is 5.75 Å². The number of H-pyrrole nitrogens is 1. The number of aromatic nitrogens is 1. The average Bonchev–Trinajstić information content (AvgIpc) is 2.90. The minimum Gasteiger partial charge on any atom is -0.410 e. The van der Waals surface area contributed by atoms with E-state index in [4.69, 9.17) is 21.1 Å². The second-order valence-electron chi connectivity index (χ2n) is 4.98. The summed E-state index contributed by atoms with van der Waals surface area (Å²) >= 11 is 5.71. The standard InChI is InChI=1S/C16H21ClN2O3/c1-21-9-8-18-16(20)22-13-5-6-15-14(10-13)12(11-19-15)4-2-3-7-17/h5-6,10-11,19H,2-4,7-9H2,1H3,(H,18,20). The quantitative estimate of drug-likeness (QED) is 0.577. The summed E-state index contributed by atoms with van der Waals surface area (Å²) < 4.78 is 10.1. The molecule has 0 unspecified atom stereocenters.